The molecule has 0 aliphatic heterocycles. The summed E-state index contributed by atoms with van der Waals surface area (Å²) in [5.41, 5.74) is 2.34. The van der Waals surface area contributed by atoms with E-state index in [9.17, 15) is 14.0 Å². The first kappa shape index (κ1) is 20.9. The zero-order valence-electron chi connectivity index (χ0n) is 16.4. The lowest BCUT2D eigenvalue weighted by Crippen LogP contribution is -2.36. The molecule has 0 bridgehead atoms. The topological polar surface area (TPSA) is 79.5 Å². The first-order valence-electron chi connectivity index (χ1n) is 9.39. The summed E-state index contributed by atoms with van der Waals surface area (Å²) >= 11 is 0. The number of methoxy groups -OCH3 is 1. The van der Waals surface area contributed by atoms with E-state index in [2.05, 4.69) is 16.0 Å². The summed E-state index contributed by atoms with van der Waals surface area (Å²) in [6.07, 6.45) is 0. The van der Waals surface area contributed by atoms with Gasteiger partial charge < -0.3 is 20.7 Å². The fraction of sp³-hybridized carbons (Fsp3) is 0.130. The van der Waals surface area contributed by atoms with E-state index in [0.29, 0.717) is 28.1 Å². The van der Waals surface area contributed by atoms with E-state index in [1.54, 1.807) is 42.5 Å². The first-order valence-corrected chi connectivity index (χ1v) is 9.39. The third-order valence-corrected chi connectivity index (χ3v) is 4.33. The minimum Gasteiger partial charge on any atom is -0.496 e. The molecular weight excluding hydrogens is 385 g/mol. The minimum absolute atomic E-state index is 0.258. The van der Waals surface area contributed by atoms with Gasteiger partial charge in [0.1, 0.15) is 11.6 Å². The van der Waals surface area contributed by atoms with E-state index >= 15 is 0 Å². The highest BCUT2D eigenvalue weighted by atomic mass is 19.1. The molecule has 3 aromatic carbocycles. The lowest BCUT2D eigenvalue weighted by molar-refractivity contribution is 0.0954. The van der Waals surface area contributed by atoms with E-state index in [-0.39, 0.29) is 30.8 Å². The Morgan fingerprint density at radius 1 is 0.900 bits per heavy atom. The molecule has 0 aliphatic rings. The van der Waals surface area contributed by atoms with Crippen LogP contribution in [-0.4, -0.2) is 32.1 Å². The molecule has 0 spiro atoms. The number of anilines is 1. The van der Waals surface area contributed by atoms with Gasteiger partial charge in [-0.15, -0.1) is 0 Å². The summed E-state index contributed by atoms with van der Waals surface area (Å²) in [5, 5.41) is 8.12. The number of ether oxygens (including phenoxy) is 1. The predicted molar refractivity (Wildman–Crippen MR) is 114 cm³/mol. The molecule has 6 nitrogen and oxygen atoms in total. The van der Waals surface area contributed by atoms with Crippen molar-refractivity contribution in [1.29, 1.82) is 0 Å². The van der Waals surface area contributed by atoms with Gasteiger partial charge in [0.05, 0.1) is 7.11 Å². The summed E-state index contributed by atoms with van der Waals surface area (Å²) in [6, 6.07) is 19.8. The second-order valence-electron chi connectivity index (χ2n) is 6.43. The Morgan fingerprint density at radius 2 is 1.67 bits per heavy atom. The maximum absolute atomic E-state index is 13.7. The number of hydrogen-bond donors (Lipinski definition) is 3. The maximum Gasteiger partial charge on any atom is 0.319 e. The van der Waals surface area contributed by atoms with Crippen molar-refractivity contribution < 1.29 is 18.7 Å². The molecule has 154 valence electrons. The van der Waals surface area contributed by atoms with Crippen molar-refractivity contribution in [3.63, 3.8) is 0 Å². The summed E-state index contributed by atoms with van der Waals surface area (Å²) in [4.78, 5) is 24.3. The fourth-order valence-electron chi connectivity index (χ4n) is 2.88. The summed E-state index contributed by atoms with van der Waals surface area (Å²) in [7, 11) is 1.51. The van der Waals surface area contributed by atoms with Crippen molar-refractivity contribution >= 4 is 17.6 Å². The third kappa shape index (κ3) is 5.57. The molecule has 30 heavy (non-hydrogen) atoms. The van der Waals surface area contributed by atoms with Gasteiger partial charge >= 0.3 is 6.03 Å². The molecule has 0 aromatic heterocycles. The Hall–Kier alpha value is -3.87. The number of carbonyl (C=O) groups is 2. The highest BCUT2D eigenvalue weighted by molar-refractivity contribution is 5.95. The number of halogens is 1. The number of para-hydroxylation sites is 1. The van der Waals surface area contributed by atoms with Gasteiger partial charge in [-0.3, -0.25) is 4.79 Å². The van der Waals surface area contributed by atoms with E-state index in [0.717, 1.165) is 0 Å². The largest absolute Gasteiger partial charge is 0.496 e. The number of urea groups is 1. The Kier molecular flexibility index (Phi) is 7.00. The molecule has 0 fully saturated rings. The SMILES string of the molecule is COc1ccc(F)cc1-c1cccc(C(=O)NCCNC(=O)Nc2ccccc2)c1. The first-order chi connectivity index (χ1) is 14.6. The molecule has 0 saturated carbocycles. The summed E-state index contributed by atoms with van der Waals surface area (Å²) in [6.45, 7) is 0.524. The lowest BCUT2D eigenvalue weighted by Gasteiger charge is -2.11. The van der Waals surface area contributed by atoms with Crippen LogP contribution < -0.4 is 20.7 Å². The molecular formula is C23H22FN3O3. The lowest BCUT2D eigenvalue weighted by atomic mass is 10.0. The van der Waals surface area contributed by atoms with Gasteiger partial charge in [-0.1, -0.05) is 30.3 Å². The molecule has 0 atom stereocenters. The van der Waals surface area contributed by atoms with Crippen molar-refractivity contribution in [1.82, 2.24) is 10.6 Å². The van der Waals surface area contributed by atoms with Crippen LogP contribution in [0.25, 0.3) is 11.1 Å². The molecule has 3 N–H and O–H groups in total. The monoisotopic (exact) mass is 407 g/mol. The molecule has 3 aromatic rings. The molecule has 7 heteroatoms. The van der Waals surface area contributed by atoms with Gasteiger partial charge in [0.2, 0.25) is 0 Å². The van der Waals surface area contributed by atoms with Crippen LogP contribution in [0.3, 0.4) is 0 Å². The summed E-state index contributed by atoms with van der Waals surface area (Å²) < 4.78 is 18.9. The average molecular weight is 407 g/mol. The predicted octanol–water partition coefficient (Wildman–Crippen LogP) is 4.05. The molecule has 0 heterocycles. The van der Waals surface area contributed by atoms with Crippen LogP contribution >= 0.6 is 0 Å². The third-order valence-electron chi connectivity index (χ3n) is 4.33. The van der Waals surface area contributed by atoms with E-state index in [1.165, 1.54) is 19.2 Å². The van der Waals surface area contributed by atoms with Crippen molar-refractivity contribution in [2.45, 2.75) is 0 Å². The zero-order chi connectivity index (χ0) is 21.3. The van der Waals surface area contributed by atoms with Gasteiger partial charge in [0.15, 0.2) is 0 Å². The van der Waals surface area contributed by atoms with Crippen molar-refractivity contribution in [2.24, 2.45) is 0 Å². The van der Waals surface area contributed by atoms with Crippen LogP contribution in [0.1, 0.15) is 10.4 Å². The maximum atomic E-state index is 13.7. The quantitative estimate of drug-likeness (QED) is 0.517. The van der Waals surface area contributed by atoms with Crippen LogP contribution in [0.15, 0.2) is 72.8 Å². The van der Waals surface area contributed by atoms with Crippen molar-refractivity contribution in [3.8, 4) is 16.9 Å². The second kappa shape index (κ2) is 10.1. The highest BCUT2D eigenvalue weighted by Gasteiger charge is 2.11. The molecule has 0 unspecified atom stereocenters. The van der Waals surface area contributed by atoms with E-state index in [1.807, 2.05) is 18.2 Å². The van der Waals surface area contributed by atoms with Crippen molar-refractivity contribution in [2.75, 3.05) is 25.5 Å². The Bertz CT molecular complexity index is 1030. The smallest absolute Gasteiger partial charge is 0.319 e. The number of nitrogens with one attached hydrogen (secondary N) is 3. The molecule has 0 saturated heterocycles. The van der Waals surface area contributed by atoms with Crippen molar-refractivity contribution in [3.05, 3.63) is 84.2 Å². The number of carbonyl (C=O) groups excluding carboxylic acids is 2. The summed E-state index contributed by atoms with van der Waals surface area (Å²) in [5.74, 6) is -0.166. The number of hydrogen-bond acceptors (Lipinski definition) is 3. The van der Waals surface area contributed by atoms with E-state index in [4.69, 9.17) is 4.74 Å². The minimum atomic E-state index is -0.388. The number of amides is 3. The normalized spacial score (nSPS) is 10.2. The van der Waals surface area contributed by atoms with Crippen LogP contribution in [0.2, 0.25) is 0 Å². The molecule has 0 radical (unpaired) electrons. The van der Waals surface area contributed by atoms with Gasteiger partial charge in [-0.2, -0.15) is 0 Å². The molecule has 3 rings (SSSR count). The zero-order valence-corrected chi connectivity index (χ0v) is 16.4. The second-order valence-corrected chi connectivity index (χ2v) is 6.43. The van der Waals surface area contributed by atoms with Gasteiger partial charge in [0.25, 0.3) is 5.91 Å². The molecule has 0 aliphatic carbocycles. The van der Waals surface area contributed by atoms with Crippen LogP contribution in [0.5, 0.6) is 5.75 Å². The van der Waals surface area contributed by atoms with Gasteiger partial charge in [-0.05, 0) is 48.0 Å². The average Bonchev–Trinajstić information content (AvgIpc) is 2.77. The Labute approximate surface area is 174 Å². The Morgan fingerprint density at radius 3 is 2.43 bits per heavy atom. The van der Waals surface area contributed by atoms with Crippen LogP contribution in [0, 0.1) is 5.82 Å². The van der Waals surface area contributed by atoms with Crippen LogP contribution in [-0.2, 0) is 0 Å². The van der Waals surface area contributed by atoms with Crippen LogP contribution in [0.4, 0.5) is 14.9 Å². The van der Waals surface area contributed by atoms with Gasteiger partial charge in [0, 0.05) is 29.9 Å². The highest BCUT2D eigenvalue weighted by Crippen LogP contribution is 2.31. The number of benzene rings is 3. The Balaban J connectivity index is 1.54. The standard InChI is InChI=1S/C23H22FN3O3/c1-30-21-11-10-18(24)15-20(21)16-6-5-7-17(14-16)22(28)25-12-13-26-23(29)27-19-8-3-2-4-9-19/h2-11,14-15H,12-13H2,1H3,(H,25,28)(H2,26,27,29). The fourth-order valence-corrected chi connectivity index (χ4v) is 2.88. The van der Waals surface area contributed by atoms with E-state index < -0.39 is 0 Å². The molecule has 3 amide bonds. The van der Waals surface area contributed by atoms with Gasteiger partial charge in [-0.25, -0.2) is 9.18 Å². The number of rotatable bonds is 7.